The molecule has 114 valence electrons. The van der Waals surface area contributed by atoms with Crippen molar-refractivity contribution < 1.29 is 22.8 Å². The molecule has 0 unspecified atom stereocenters. The Hall–Kier alpha value is -1.70. The Morgan fingerprint density at radius 1 is 1.38 bits per heavy atom. The van der Waals surface area contributed by atoms with E-state index in [2.05, 4.69) is 0 Å². The Bertz CT molecular complexity index is 575. The highest BCUT2D eigenvalue weighted by molar-refractivity contribution is 8.00. The largest absolute Gasteiger partial charge is 0.416 e. The van der Waals surface area contributed by atoms with Crippen LogP contribution in [0.2, 0.25) is 0 Å². The number of nitrogens with zero attached hydrogens (tertiary/aromatic N) is 1. The Labute approximate surface area is 123 Å². The van der Waals surface area contributed by atoms with Crippen molar-refractivity contribution in [2.45, 2.75) is 23.9 Å². The number of imide groups is 1. The molecule has 1 saturated heterocycles. The lowest BCUT2D eigenvalue weighted by atomic mass is 10.2. The van der Waals surface area contributed by atoms with Gasteiger partial charge in [0.1, 0.15) is 0 Å². The summed E-state index contributed by atoms with van der Waals surface area (Å²) in [6.07, 6.45) is -3.44. The van der Waals surface area contributed by atoms with Gasteiger partial charge in [-0.05, 0) is 24.6 Å². The number of amides is 2. The minimum absolute atomic E-state index is 0.0265. The third-order valence-corrected chi connectivity index (χ3v) is 4.14. The number of alkyl halides is 3. The minimum atomic E-state index is -4.45. The number of anilines is 1. The van der Waals surface area contributed by atoms with Gasteiger partial charge in [0.05, 0.1) is 11.3 Å². The number of carbonyl (C=O) groups is 2. The standard InChI is InChI=1S/C13H13F3N2O2S/c14-13(15,16)8-3-4-10(9(17)6-8)21-7-12(20)18-5-1-2-11(18)19/h3-4,6H,1-2,5,7,17H2. The molecule has 1 aromatic carbocycles. The fourth-order valence-corrected chi connectivity index (χ4v) is 2.81. The second kappa shape index (κ2) is 5.97. The van der Waals surface area contributed by atoms with Gasteiger partial charge in [0.25, 0.3) is 0 Å². The first-order valence-corrected chi connectivity index (χ1v) is 7.20. The summed E-state index contributed by atoms with van der Waals surface area (Å²) in [5.41, 5.74) is 4.71. The molecule has 0 bridgehead atoms. The number of nitrogens with two attached hydrogens (primary N) is 1. The Morgan fingerprint density at radius 2 is 2.10 bits per heavy atom. The molecule has 8 heteroatoms. The Kier molecular flexibility index (Phi) is 4.46. The number of halogens is 3. The molecule has 0 saturated carbocycles. The van der Waals surface area contributed by atoms with E-state index in [0.717, 1.165) is 23.9 Å². The van der Waals surface area contributed by atoms with Crippen molar-refractivity contribution >= 4 is 29.3 Å². The van der Waals surface area contributed by atoms with Crippen LogP contribution in [0.1, 0.15) is 18.4 Å². The topological polar surface area (TPSA) is 63.4 Å². The lowest BCUT2D eigenvalue weighted by molar-refractivity contribution is -0.140. The molecule has 1 aromatic rings. The molecule has 0 aliphatic carbocycles. The number of nitrogen functional groups attached to an aromatic ring is 1. The molecule has 0 radical (unpaired) electrons. The summed E-state index contributed by atoms with van der Waals surface area (Å²) < 4.78 is 37.5. The maximum Gasteiger partial charge on any atom is 0.416 e. The van der Waals surface area contributed by atoms with Crippen LogP contribution in [0.3, 0.4) is 0 Å². The number of benzene rings is 1. The molecule has 2 amide bonds. The van der Waals surface area contributed by atoms with Crippen LogP contribution < -0.4 is 5.73 Å². The zero-order valence-corrected chi connectivity index (χ0v) is 11.8. The summed E-state index contributed by atoms with van der Waals surface area (Å²) >= 11 is 1.03. The highest BCUT2D eigenvalue weighted by atomic mass is 32.2. The van der Waals surface area contributed by atoms with Crippen LogP contribution in [0, 0.1) is 0 Å². The number of carbonyl (C=O) groups excluding carboxylic acids is 2. The SMILES string of the molecule is Nc1cc(C(F)(F)F)ccc1SCC(=O)N1CCCC1=O. The van der Waals surface area contributed by atoms with E-state index in [9.17, 15) is 22.8 Å². The summed E-state index contributed by atoms with van der Waals surface area (Å²) in [6.45, 7) is 0.403. The predicted molar refractivity (Wildman–Crippen MR) is 72.5 cm³/mol. The first kappa shape index (κ1) is 15.7. The minimum Gasteiger partial charge on any atom is -0.398 e. The van der Waals surface area contributed by atoms with Gasteiger partial charge in [0.2, 0.25) is 11.8 Å². The van der Waals surface area contributed by atoms with Gasteiger partial charge in [0.15, 0.2) is 0 Å². The Balaban J connectivity index is 2.00. The monoisotopic (exact) mass is 318 g/mol. The Morgan fingerprint density at radius 3 is 2.62 bits per heavy atom. The smallest absolute Gasteiger partial charge is 0.398 e. The second-order valence-corrected chi connectivity index (χ2v) is 5.60. The van der Waals surface area contributed by atoms with Crippen LogP contribution in [0.25, 0.3) is 0 Å². The molecule has 1 aliphatic heterocycles. The van der Waals surface area contributed by atoms with E-state index in [0.29, 0.717) is 24.3 Å². The number of thioether (sulfide) groups is 1. The quantitative estimate of drug-likeness (QED) is 0.687. The van der Waals surface area contributed by atoms with Gasteiger partial charge in [-0.15, -0.1) is 11.8 Å². The van der Waals surface area contributed by atoms with Crippen molar-refractivity contribution in [1.29, 1.82) is 0 Å². The van der Waals surface area contributed by atoms with Gasteiger partial charge in [0, 0.05) is 23.5 Å². The molecule has 0 aromatic heterocycles. The van der Waals surface area contributed by atoms with Crippen molar-refractivity contribution in [3.8, 4) is 0 Å². The van der Waals surface area contributed by atoms with Crippen molar-refractivity contribution in [3.63, 3.8) is 0 Å². The maximum absolute atomic E-state index is 12.5. The molecular weight excluding hydrogens is 305 g/mol. The van der Waals surface area contributed by atoms with E-state index >= 15 is 0 Å². The lowest BCUT2D eigenvalue weighted by Crippen LogP contribution is -2.33. The van der Waals surface area contributed by atoms with Crippen molar-refractivity contribution in [2.75, 3.05) is 18.0 Å². The molecule has 1 aliphatic rings. The van der Waals surface area contributed by atoms with Crippen LogP contribution in [-0.2, 0) is 15.8 Å². The van der Waals surface area contributed by atoms with Gasteiger partial charge < -0.3 is 5.73 Å². The summed E-state index contributed by atoms with van der Waals surface area (Å²) in [5, 5.41) is 0. The molecule has 0 spiro atoms. The fraction of sp³-hybridized carbons (Fsp3) is 0.385. The predicted octanol–water partition coefficient (Wildman–Crippen LogP) is 2.53. The van der Waals surface area contributed by atoms with Crippen molar-refractivity contribution in [3.05, 3.63) is 23.8 Å². The summed E-state index contributed by atoms with van der Waals surface area (Å²) in [5.74, 6) is -0.579. The zero-order valence-electron chi connectivity index (χ0n) is 10.9. The lowest BCUT2D eigenvalue weighted by Gasteiger charge is -2.14. The third kappa shape index (κ3) is 3.69. The van der Waals surface area contributed by atoms with E-state index < -0.39 is 11.7 Å². The van der Waals surface area contributed by atoms with Crippen LogP contribution in [0.5, 0.6) is 0 Å². The third-order valence-electron chi connectivity index (χ3n) is 3.06. The van der Waals surface area contributed by atoms with E-state index in [1.165, 1.54) is 11.0 Å². The van der Waals surface area contributed by atoms with Gasteiger partial charge in [-0.3, -0.25) is 14.5 Å². The van der Waals surface area contributed by atoms with Crippen molar-refractivity contribution in [2.24, 2.45) is 0 Å². The second-order valence-electron chi connectivity index (χ2n) is 4.58. The number of hydrogen-bond donors (Lipinski definition) is 1. The average molecular weight is 318 g/mol. The normalized spacial score (nSPS) is 15.6. The van der Waals surface area contributed by atoms with E-state index in [-0.39, 0.29) is 23.3 Å². The first-order chi connectivity index (χ1) is 9.79. The van der Waals surface area contributed by atoms with Gasteiger partial charge in [-0.25, -0.2) is 0 Å². The highest BCUT2D eigenvalue weighted by Gasteiger charge is 2.31. The van der Waals surface area contributed by atoms with Crippen LogP contribution in [0.15, 0.2) is 23.1 Å². The highest BCUT2D eigenvalue weighted by Crippen LogP contribution is 2.34. The van der Waals surface area contributed by atoms with Crippen molar-refractivity contribution in [1.82, 2.24) is 4.90 Å². The van der Waals surface area contributed by atoms with Gasteiger partial charge >= 0.3 is 6.18 Å². The van der Waals surface area contributed by atoms with Crippen LogP contribution in [0.4, 0.5) is 18.9 Å². The average Bonchev–Trinajstić information content (AvgIpc) is 2.82. The van der Waals surface area contributed by atoms with E-state index in [4.69, 9.17) is 5.73 Å². The van der Waals surface area contributed by atoms with Crippen LogP contribution in [-0.4, -0.2) is 29.0 Å². The molecule has 1 fully saturated rings. The summed E-state index contributed by atoms with van der Waals surface area (Å²) in [7, 11) is 0. The van der Waals surface area contributed by atoms with Crippen LogP contribution >= 0.6 is 11.8 Å². The maximum atomic E-state index is 12.5. The number of rotatable bonds is 3. The zero-order chi connectivity index (χ0) is 15.6. The first-order valence-electron chi connectivity index (χ1n) is 6.22. The molecule has 2 N–H and O–H groups in total. The van der Waals surface area contributed by atoms with E-state index in [1.807, 2.05) is 0 Å². The molecule has 21 heavy (non-hydrogen) atoms. The molecular formula is C13H13F3N2O2S. The molecule has 2 rings (SSSR count). The van der Waals surface area contributed by atoms with E-state index in [1.54, 1.807) is 0 Å². The molecule has 1 heterocycles. The van der Waals surface area contributed by atoms with Gasteiger partial charge in [-0.2, -0.15) is 13.2 Å². The number of likely N-dealkylation sites (tertiary alicyclic amines) is 1. The number of hydrogen-bond acceptors (Lipinski definition) is 4. The fourth-order valence-electron chi connectivity index (χ4n) is 1.99. The summed E-state index contributed by atoms with van der Waals surface area (Å²) in [4.78, 5) is 24.8. The molecule has 4 nitrogen and oxygen atoms in total. The summed E-state index contributed by atoms with van der Waals surface area (Å²) in [6, 6.07) is 3.00. The van der Waals surface area contributed by atoms with Gasteiger partial charge in [-0.1, -0.05) is 0 Å². The molecule has 0 atom stereocenters.